The van der Waals surface area contributed by atoms with E-state index in [9.17, 15) is 14.4 Å². The second-order valence-corrected chi connectivity index (χ2v) is 6.49. The minimum Gasteiger partial charge on any atom is -0.493 e. The third kappa shape index (κ3) is 3.87. The number of carbonyl (C=O) groups excluding carboxylic acids is 3. The molecule has 0 aromatic heterocycles. The number of hydrogen-bond donors (Lipinski definition) is 1. The van der Waals surface area contributed by atoms with Crippen molar-refractivity contribution in [2.45, 2.75) is 19.4 Å². The van der Waals surface area contributed by atoms with Gasteiger partial charge in [-0.05, 0) is 19.1 Å². The van der Waals surface area contributed by atoms with Gasteiger partial charge >= 0.3 is 0 Å². The molecule has 1 atom stereocenters. The lowest BCUT2D eigenvalue weighted by molar-refractivity contribution is -0.121. The number of rotatable bonds is 7. The Bertz CT molecular complexity index is 946. The average Bonchev–Trinajstić information content (AvgIpc) is 3.00. The largest absolute Gasteiger partial charge is 0.493 e. The molecule has 1 fully saturated rings. The van der Waals surface area contributed by atoms with Gasteiger partial charge in [-0.1, -0.05) is 12.1 Å². The first kappa shape index (κ1) is 20.2. The number of carbonyl (C=O) groups is 3. The van der Waals surface area contributed by atoms with E-state index in [0.717, 1.165) is 4.90 Å². The van der Waals surface area contributed by atoms with E-state index in [2.05, 4.69) is 5.32 Å². The van der Waals surface area contributed by atoms with Crippen LogP contribution in [-0.4, -0.2) is 45.0 Å². The summed E-state index contributed by atoms with van der Waals surface area (Å²) in [5.74, 6) is 0.398. The van der Waals surface area contributed by atoms with E-state index in [1.165, 1.54) is 28.3 Å². The molecular formula is C21H22N2O6. The Labute approximate surface area is 168 Å². The van der Waals surface area contributed by atoms with Crippen LogP contribution in [-0.2, 0) is 9.59 Å². The first-order chi connectivity index (χ1) is 13.9. The second kappa shape index (κ2) is 8.22. The maximum Gasteiger partial charge on any atom is 0.256 e. The summed E-state index contributed by atoms with van der Waals surface area (Å²) in [6.45, 7) is 1.43. The lowest BCUT2D eigenvalue weighted by Gasteiger charge is -2.18. The standard InChI is InChI=1S/C21H22N2O6/c1-12(24)13-6-5-7-15(8-13)23-19(25)11-16(21(23)26)22-14-9-17(27-2)20(29-4)18(10-14)28-3/h5-10,16,22H,11H2,1-4H3/t16-/m1/s1. The molecule has 1 saturated heterocycles. The van der Waals surface area contributed by atoms with Crippen molar-refractivity contribution in [2.75, 3.05) is 31.5 Å². The second-order valence-electron chi connectivity index (χ2n) is 6.49. The van der Waals surface area contributed by atoms with E-state index in [1.807, 2.05) is 0 Å². The van der Waals surface area contributed by atoms with Gasteiger partial charge in [0.2, 0.25) is 11.7 Å². The van der Waals surface area contributed by atoms with Gasteiger partial charge in [0, 0.05) is 23.4 Å². The Morgan fingerprint density at radius 2 is 1.69 bits per heavy atom. The van der Waals surface area contributed by atoms with E-state index in [4.69, 9.17) is 14.2 Å². The monoisotopic (exact) mass is 398 g/mol. The van der Waals surface area contributed by atoms with Gasteiger partial charge in [0.15, 0.2) is 17.3 Å². The Hall–Kier alpha value is -3.55. The molecule has 0 aliphatic carbocycles. The number of hydrogen-bond acceptors (Lipinski definition) is 7. The molecule has 1 aliphatic heterocycles. The van der Waals surface area contributed by atoms with Gasteiger partial charge in [-0.3, -0.25) is 14.4 Å². The van der Waals surface area contributed by atoms with Crippen molar-refractivity contribution < 1.29 is 28.6 Å². The van der Waals surface area contributed by atoms with E-state index in [0.29, 0.717) is 34.2 Å². The van der Waals surface area contributed by atoms with Crippen molar-refractivity contribution in [1.29, 1.82) is 0 Å². The minimum absolute atomic E-state index is 0.0141. The predicted octanol–water partition coefficient (Wildman–Crippen LogP) is 2.66. The van der Waals surface area contributed by atoms with E-state index >= 15 is 0 Å². The smallest absolute Gasteiger partial charge is 0.256 e. The summed E-state index contributed by atoms with van der Waals surface area (Å²) < 4.78 is 15.9. The van der Waals surface area contributed by atoms with E-state index in [1.54, 1.807) is 36.4 Å². The minimum atomic E-state index is -0.758. The summed E-state index contributed by atoms with van der Waals surface area (Å²) in [5.41, 5.74) is 1.36. The highest BCUT2D eigenvalue weighted by Crippen LogP contribution is 2.40. The first-order valence-electron chi connectivity index (χ1n) is 8.94. The van der Waals surface area contributed by atoms with Gasteiger partial charge < -0.3 is 19.5 Å². The van der Waals surface area contributed by atoms with Gasteiger partial charge in [0.05, 0.1) is 33.4 Å². The van der Waals surface area contributed by atoms with Crippen molar-refractivity contribution >= 4 is 29.0 Å². The fourth-order valence-corrected chi connectivity index (χ4v) is 3.25. The van der Waals surface area contributed by atoms with Gasteiger partial charge in [0.1, 0.15) is 6.04 Å². The number of ether oxygens (including phenoxy) is 3. The molecule has 0 bridgehead atoms. The highest BCUT2D eigenvalue weighted by Gasteiger charge is 2.40. The third-order valence-corrected chi connectivity index (χ3v) is 4.66. The highest BCUT2D eigenvalue weighted by atomic mass is 16.5. The van der Waals surface area contributed by atoms with Gasteiger partial charge in [-0.2, -0.15) is 0 Å². The summed E-state index contributed by atoms with van der Waals surface area (Å²) in [7, 11) is 4.49. The molecule has 3 rings (SSSR count). The van der Waals surface area contributed by atoms with Crippen molar-refractivity contribution in [1.82, 2.24) is 0 Å². The van der Waals surface area contributed by atoms with Crippen molar-refractivity contribution in [2.24, 2.45) is 0 Å². The molecule has 1 heterocycles. The molecule has 2 aromatic carbocycles. The molecule has 0 saturated carbocycles. The predicted molar refractivity (Wildman–Crippen MR) is 107 cm³/mol. The fourth-order valence-electron chi connectivity index (χ4n) is 3.25. The number of amides is 2. The molecule has 0 spiro atoms. The van der Waals surface area contributed by atoms with Crippen LogP contribution in [0.1, 0.15) is 23.7 Å². The highest BCUT2D eigenvalue weighted by molar-refractivity contribution is 6.23. The topological polar surface area (TPSA) is 94.2 Å². The Morgan fingerprint density at radius 1 is 1.03 bits per heavy atom. The number of nitrogens with zero attached hydrogens (tertiary/aromatic N) is 1. The lowest BCUT2D eigenvalue weighted by atomic mass is 10.1. The van der Waals surface area contributed by atoms with Crippen LogP contribution < -0.4 is 24.4 Å². The maximum atomic E-state index is 12.9. The molecule has 1 aliphatic rings. The van der Waals surface area contributed by atoms with Crippen LogP contribution in [0.3, 0.4) is 0 Å². The Balaban J connectivity index is 1.87. The normalized spacial score (nSPS) is 16.0. The Morgan fingerprint density at radius 3 is 2.24 bits per heavy atom. The molecule has 2 amide bonds. The fraction of sp³-hybridized carbons (Fsp3) is 0.286. The van der Waals surface area contributed by atoms with Gasteiger partial charge in [-0.25, -0.2) is 4.90 Å². The summed E-state index contributed by atoms with van der Waals surface area (Å²) in [4.78, 5) is 38.1. The van der Waals surface area contributed by atoms with Crippen LogP contribution in [0.25, 0.3) is 0 Å². The van der Waals surface area contributed by atoms with Gasteiger partial charge in [-0.15, -0.1) is 0 Å². The van der Waals surface area contributed by atoms with Crippen LogP contribution in [0, 0.1) is 0 Å². The van der Waals surface area contributed by atoms with Crippen molar-refractivity contribution in [3.8, 4) is 17.2 Å². The average molecular weight is 398 g/mol. The lowest BCUT2D eigenvalue weighted by Crippen LogP contribution is -2.34. The van der Waals surface area contributed by atoms with Crippen LogP contribution >= 0.6 is 0 Å². The molecule has 2 aromatic rings. The molecule has 1 N–H and O–H groups in total. The first-order valence-corrected chi connectivity index (χ1v) is 8.94. The number of Topliss-reactive ketones (excluding diaryl/α,β-unsaturated/α-hetero) is 1. The molecule has 0 unspecified atom stereocenters. The summed E-state index contributed by atoms with van der Waals surface area (Å²) in [5, 5.41) is 3.06. The Kier molecular flexibility index (Phi) is 5.72. The van der Waals surface area contributed by atoms with Gasteiger partial charge in [0.25, 0.3) is 5.91 Å². The number of imide groups is 1. The zero-order valence-electron chi connectivity index (χ0n) is 16.6. The van der Waals surface area contributed by atoms with E-state index in [-0.39, 0.29) is 18.1 Å². The number of anilines is 2. The zero-order valence-corrected chi connectivity index (χ0v) is 16.6. The number of benzene rings is 2. The molecule has 152 valence electrons. The number of nitrogens with one attached hydrogen (secondary N) is 1. The SMILES string of the molecule is COc1cc(N[C@@H]2CC(=O)N(c3cccc(C(C)=O)c3)C2=O)cc(OC)c1OC. The van der Waals surface area contributed by atoms with Crippen LogP contribution in [0.4, 0.5) is 11.4 Å². The van der Waals surface area contributed by atoms with Crippen LogP contribution in [0.2, 0.25) is 0 Å². The molecule has 8 heteroatoms. The molecule has 0 radical (unpaired) electrons. The summed E-state index contributed by atoms with van der Waals surface area (Å²) >= 11 is 0. The van der Waals surface area contributed by atoms with Crippen molar-refractivity contribution in [3.63, 3.8) is 0 Å². The van der Waals surface area contributed by atoms with Crippen LogP contribution in [0.5, 0.6) is 17.2 Å². The molecule has 8 nitrogen and oxygen atoms in total. The quantitative estimate of drug-likeness (QED) is 0.566. The van der Waals surface area contributed by atoms with Crippen molar-refractivity contribution in [3.05, 3.63) is 42.0 Å². The molecule has 29 heavy (non-hydrogen) atoms. The number of ketones is 1. The number of methoxy groups -OCH3 is 3. The summed E-state index contributed by atoms with van der Waals surface area (Å²) in [6.07, 6.45) is -0.0141. The molecular weight excluding hydrogens is 376 g/mol. The third-order valence-electron chi connectivity index (χ3n) is 4.66. The van der Waals surface area contributed by atoms with E-state index < -0.39 is 11.9 Å². The summed E-state index contributed by atoms with van der Waals surface area (Å²) in [6, 6.07) is 9.03. The zero-order chi connectivity index (χ0) is 21.1. The van der Waals surface area contributed by atoms with Crippen LogP contribution in [0.15, 0.2) is 36.4 Å². The maximum absolute atomic E-state index is 12.9.